The fourth-order valence-corrected chi connectivity index (χ4v) is 5.94. The third kappa shape index (κ3) is 5.92. The summed E-state index contributed by atoms with van der Waals surface area (Å²) in [5, 5.41) is 28.4. The molecule has 0 bridgehead atoms. The number of hydrogen-bond donors (Lipinski definition) is 2. The number of aryl methyl sites for hydroxylation is 1. The number of nitriles is 1. The van der Waals surface area contributed by atoms with Gasteiger partial charge in [-0.2, -0.15) is 10.4 Å². The van der Waals surface area contributed by atoms with E-state index in [1.54, 1.807) is 52.4 Å². The summed E-state index contributed by atoms with van der Waals surface area (Å²) in [5.74, 6) is 0.583. The Morgan fingerprint density at radius 2 is 2.00 bits per heavy atom. The zero-order valence-electron chi connectivity index (χ0n) is 26.3. The highest BCUT2D eigenvalue weighted by atomic mass is 28.4. The third-order valence-corrected chi connectivity index (χ3v) is 12.9. The maximum atomic E-state index is 12.4. The third-order valence-electron chi connectivity index (χ3n) is 8.39. The van der Waals surface area contributed by atoms with Crippen LogP contribution in [0, 0.1) is 11.3 Å². The van der Waals surface area contributed by atoms with Gasteiger partial charge in [-0.1, -0.05) is 27.7 Å². The molecule has 1 aromatic carbocycles. The maximum Gasteiger partial charge on any atom is 0.409 e. The predicted molar refractivity (Wildman–Crippen MR) is 168 cm³/mol. The number of aromatic nitrogens is 4. The lowest BCUT2D eigenvalue weighted by Crippen LogP contribution is -2.47. The fourth-order valence-electron chi connectivity index (χ4n) is 4.83. The highest BCUT2D eigenvalue weighted by Crippen LogP contribution is 2.47. The summed E-state index contributed by atoms with van der Waals surface area (Å²) in [5.41, 5.74) is 3.49. The molecule has 0 fully saturated rings. The van der Waals surface area contributed by atoms with Gasteiger partial charge in [-0.25, -0.2) is 9.97 Å². The molecule has 222 valence electrons. The monoisotopic (exact) mass is 588 g/mol. The Labute approximate surface area is 249 Å². The van der Waals surface area contributed by atoms with Crippen LogP contribution in [0.4, 0.5) is 17.5 Å². The molecule has 42 heavy (non-hydrogen) atoms. The van der Waals surface area contributed by atoms with Crippen molar-refractivity contribution in [2.24, 2.45) is 7.05 Å². The summed E-state index contributed by atoms with van der Waals surface area (Å²) in [6.45, 7) is 15.9. The van der Waals surface area contributed by atoms with Crippen molar-refractivity contribution in [3.05, 3.63) is 47.3 Å². The zero-order chi connectivity index (χ0) is 31.2. The molecule has 0 radical (unpaired) electrons. The van der Waals surface area contributed by atoms with E-state index < -0.39 is 20.8 Å². The Kier molecular flexibility index (Phi) is 8.30. The molecule has 0 saturated carbocycles. The lowest BCUT2D eigenvalue weighted by molar-refractivity contribution is 0.0817. The Bertz CT molecular complexity index is 1540. The molecule has 2 N–H and O–H groups in total. The largest absolute Gasteiger partial charge is 0.432 e. The van der Waals surface area contributed by atoms with E-state index >= 15 is 0 Å². The van der Waals surface area contributed by atoms with Crippen molar-refractivity contribution in [2.75, 3.05) is 37.4 Å². The molecule has 3 aromatic rings. The lowest BCUT2D eigenvalue weighted by Gasteiger charge is -2.39. The van der Waals surface area contributed by atoms with Gasteiger partial charge in [0, 0.05) is 63.2 Å². The molecule has 13 heteroatoms. The number of anilines is 3. The number of nitrogens with one attached hydrogen (secondary N) is 1. The first kappa shape index (κ1) is 31.2. The van der Waals surface area contributed by atoms with E-state index in [2.05, 4.69) is 62.3 Å². The van der Waals surface area contributed by atoms with Gasteiger partial charge in [0.05, 0.1) is 11.3 Å². The van der Waals surface area contributed by atoms with E-state index in [0.29, 0.717) is 41.9 Å². The number of nitrogens with zero attached hydrogens (tertiary/aromatic N) is 7. The summed E-state index contributed by atoms with van der Waals surface area (Å²) in [7, 11) is 2.25. The normalized spacial score (nSPS) is 16.7. The molecule has 0 saturated heterocycles. The van der Waals surface area contributed by atoms with E-state index in [0.717, 1.165) is 16.8 Å². The van der Waals surface area contributed by atoms with Gasteiger partial charge in [-0.3, -0.25) is 9.48 Å². The van der Waals surface area contributed by atoms with Crippen LogP contribution in [0.2, 0.25) is 25.0 Å². The van der Waals surface area contributed by atoms with Gasteiger partial charge in [0.2, 0.25) is 5.95 Å². The van der Waals surface area contributed by atoms with Gasteiger partial charge >= 0.3 is 7.05 Å². The average molecular weight is 589 g/mol. The molecular weight excluding hydrogens is 547 g/mol. The number of carbonyl (C=O) groups excluding carboxylic acids is 1. The Balaban J connectivity index is 1.72. The van der Waals surface area contributed by atoms with Crippen molar-refractivity contribution in [3.8, 4) is 17.3 Å². The van der Waals surface area contributed by atoms with Gasteiger partial charge in [0.1, 0.15) is 11.8 Å². The SMILES string of the molecule is CB(O)N1C[C@](C)(CO[Si](C)(C)C(C)(C)C)c2cc(-c3ccnc(Nc4cc(C(=O)N(C)C)n(C)n4)n3)cc(C#N)c21. The van der Waals surface area contributed by atoms with Crippen LogP contribution >= 0.6 is 0 Å². The Morgan fingerprint density at radius 1 is 1.31 bits per heavy atom. The second kappa shape index (κ2) is 11.2. The molecule has 2 aromatic heterocycles. The first-order chi connectivity index (χ1) is 19.5. The number of fused-ring (bicyclic) bond motifs is 1. The summed E-state index contributed by atoms with van der Waals surface area (Å²) < 4.78 is 8.20. The van der Waals surface area contributed by atoms with Crippen molar-refractivity contribution in [2.45, 2.75) is 58.1 Å². The van der Waals surface area contributed by atoms with E-state index in [1.807, 2.05) is 10.9 Å². The molecule has 3 heterocycles. The summed E-state index contributed by atoms with van der Waals surface area (Å²) in [6, 6.07) is 9.64. The smallest absolute Gasteiger partial charge is 0.409 e. The molecule has 0 unspecified atom stereocenters. The fraction of sp³-hybridized carbons (Fsp3) is 0.483. The van der Waals surface area contributed by atoms with Crippen molar-refractivity contribution in [1.82, 2.24) is 24.6 Å². The van der Waals surface area contributed by atoms with Gasteiger partial charge < -0.3 is 24.5 Å². The first-order valence-electron chi connectivity index (χ1n) is 14.0. The Hall–Kier alpha value is -3.73. The van der Waals surface area contributed by atoms with Crippen molar-refractivity contribution in [3.63, 3.8) is 0 Å². The van der Waals surface area contributed by atoms with Crippen molar-refractivity contribution < 1.29 is 14.2 Å². The molecule has 0 spiro atoms. The number of carbonyl (C=O) groups is 1. The molecule has 4 rings (SSSR count). The van der Waals surface area contributed by atoms with E-state index in [1.165, 1.54) is 9.58 Å². The van der Waals surface area contributed by atoms with Crippen LogP contribution in [0.1, 0.15) is 49.3 Å². The van der Waals surface area contributed by atoms with Gasteiger partial charge in [-0.15, -0.1) is 0 Å². The van der Waals surface area contributed by atoms with Crippen molar-refractivity contribution >= 4 is 38.7 Å². The summed E-state index contributed by atoms with van der Waals surface area (Å²) >= 11 is 0. The van der Waals surface area contributed by atoms with Gasteiger partial charge in [0.25, 0.3) is 5.91 Å². The lowest BCUT2D eigenvalue weighted by atomic mass is 9.83. The topological polar surface area (TPSA) is 132 Å². The van der Waals surface area contributed by atoms with Crippen LogP contribution in [-0.2, 0) is 16.9 Å². The zero-order valence-corrected chi connectivity index (χ0v) is 27.3. The Morgan fingerprint density at radius 3 is 2.60 bits per heavy atom. The number of rotatable bonds is 8. The molecule has 1 aliphatic rings. The maximum absolute atomic E-state index is 12.4. The minimum absolute atomic E-state index is 0.0485. The summed E-state index contributed by atoms with van der Waals surface area (Å²) in [6.07, 6.45) is 1.64. The molecule has 11 nitrogen and oxygen atoms in total. The highest BCUT2D eigenvalue weighted by molar-refractivity contribution is 6.74. The number of benzene rings is 1. The molecule has 1 aliphatic heterocycles. The van der Waals surface area contributed by atoms with Crippen LogP contribution in [0.3, 0.4) is 0 Å². The van der Waals surface area contributed by atoms with E-state index in [-0.39, 0.29) is 10.9 Å². The second-order valence-corrected chi connectivity index (χ2v) is 17.8. The van der Waals surface area contributed by atoms with E-state index in [4.69, 9.17) is 9.41 Å². The number of amides is 1. The van der Waals surface area contributed by atoms with Crippen molar-refractivity contribution in [1.29, 1.82) is 5.26 Å². The number of hydrogen-bond acceptors (Lipinski definition) is 9. The molecular formula is C29H41BN8O3Si. The van der Waals surface area contributed by atoms with Crippen LogP contribution in [0.15, 0.2) is 30.5 Å². The van der Waals surface area contributed by atoms with Crippen LogP contribution in [0.25, 0.3) is 11.3 Å². The first-order valence-corrected chi connectivity index (χ1v) is 16.9. The molecule has 1 atom stereocenters. The summed E-state index contributed by atoms with van der Waals surface area (Å²) in [4.78, 5) is 24.9. The van der Waals surface area contributed by atoms with Gasteiger partial charge in [0.15, 0.2) is 14.1 Å². The highest BCUT2D eigenvalue weighted by Gasteiger charge is 2.46. The second-order valence-electron chi connectivity index (χ2n) is 13.0. The van der Waals surface area contributed by atoms with Gasteiger partial charge in [-0.05, 0) is 48.7 Å². The van der Waals surface area contributed by atoms with E-state index in [9.17, 15) is 15.1 Å². The van der Waals surface area contributed by atoms with Crippen LogP contribution in [-0.4, -0.2) is 78.2 Å². The minimum atomic E-state index is -2.06. The van der Waals surface area contributed by atoms with Crippen LogP contribution in [0.5, 0.6) is 0 Å². The molecule has 0 aliphatic carbocycles. The molecule has 1 amide bonds. The minimum Gasteiger partial charge on any atom is -0.432 e. The standard InChI is InChI=1S/C29H41BN8O3Si/c1-28(2,3)42(9,10)41-18-29(4)17-38(30(5)40)25-20(16-31)13-19(14-21(25)29)22-11-12-32-27(33-22)34-24-15-23(37(8)35-24)26(39)36(6)7/h11-15,40H,17-18H2,1-10H3,(H,32,33,34,35)/t29-/m1/s1. The predicted octanol–water partition coefficient (Wildman–Crippen LogP) is 4.40. The quantitative estimate of drug-likeness (QED) is 0.368. The average Bonchev–Trinajstić information content (AvgIpc) is 3.43. The van der Waals surface area contributed by atoms with Crippen LogP contribution < -0.4 is 10.1 Å².